The van der Waals surface area contributed by atoms with E-state index < -0.39 is 9.04 Å². The zero-order chi connectivity index (χ0) is 21.9. The number of aromatic nitrogens is 6. The van der Waals surface area contributed by atoms with E-state index in [1.807, 2.05) is 30.8 Å². The first-order valence-corrected chi connectivity index (χ1v) is 12.8. The van der Waals surface area contributed by atoms with Crippen LogP contribution in [0.2, 0.25) is 11.6 Å². The molecule has 0 spiro atoms. The predicted molar refractivity (Wildman–Crippen MR) is 124 cm³/mol. The summed E-state index contributed by atoms with van der Waals surface area (Å²) in [4.78, 5) is 9.04. The van der Waals surface area contributed by atoms with Crippen molar-refractivity contribution in [1.82, 2.24) is 30.2 Å². The highest BCUT2D eigenvalue weighted by atomic mass is 35.5. The van der Waals surface area contributed by atoms with Gasteiger partial charge in [-0.25, -0.2) is 14.6 Å². The maximum atomic E-state index is 6.37. The lowest BCUT2D eigenvalue weighted by atomic mass is 10.1. The SMILES string of the molecule is C[Si](Cn1cnnn1)Oc1cc(-c2cnc(Nc3ccccc3C3CC3)nc2)ccc1Cl. The van der Waals surface area contributed by atoms with E-state index in [1.165, 1.54) is 18.4 Å². The molecule has 0 amide bonds. The second-order valence-corrected chi connectivity index (χ2v) is 10.1. The molecule has 0 aliphatic heterocycles. The molecule has 0 unspecified atom stereocenters. The van der Waals surface area contributed by atoms with Crippen molar-refractivity contribution >= 4 is 32.3 Å². The van der Waals surface area contributed by atoms with E-state index in [4.69, 9.17) is 16.0 Å². The number of halogens is 1. The molecule has 2 aromatic heterocycles. The lowest BCUT2D eigenvalue weighted by Crippen LogP contribution is -2.25. The maximum absolute atomic E-state index is 6.37. The number of nitrogens with one attached hydrogen (secondary N) is 1. The first kappa shape index (κ1) is 20.6. The molecule has 1 aliphatic carbocycles. The Kier molecular flexibility index (Phi) is 5.83. The number of anilines is 2. The molecular formula is C22H21ClN7OSi. The van der Waals surface area contributed by atoms with Gasteiger partial charge in [0, 0.05) is 23.6 Å². The number of benzene rings is 2. The summed E-state index contributed by atoms with van der Waals surface area (Å²) in [5.74, 6) is 1.86. The van der Waals surface area contributed by atoms with Gasteiger partial charge in [-0.3, -0.25) is 0 Å². The number of tetrazole rings is 1. The van der Waals surface area contributed by atoms with Crippen LogP contribution in [0, 0.1) is 0 Å². The monoisotopic (exact) mass is 462 g/mol. The molecule has 0 bridgehead atoms. The van der Waals surface area contributed by atoms with Crippen molar-refractivity contribution in [2.45, 2.75) is 31.5 Å². The Bertz CT molecular complexity index is 1200. The minimum atomic E-state index is -1.24. The van der Waals surface area contributed by atoms with Crippen LogP contribution < -0.4 is 9.74 Å². The Morgan fingerprint density at radius 2 is 1.94 bits per heavy atom. The third-order valence-corrected chi connectivity index (χ3v) is 6.85. The van der Waals surface area contributed by atoms with Crippen molar-refractivity contribution in [1.29, 1.82) is 0 Å². The van der Waals surface area contributed by atoms with Gasteiger partial charge in [0.15, 0.2) is 0 Å². The topological polar surface area (TPSA) is 90.6 Å². The van der Waals surface area contributed by atoms with Crippen LogP contribution in [0.4, 0.5) is 11.6 Å². The van der Waals surface area contributed by atoms with Gasteiger partial charge in [0.2, 0.25) is 5.95 Å². The molecule has 1 aliphatic rings. The summed E-state index contributed by atoms with van der Waals surface area (Å²) in [5.41, 5.74) is 4.23. The summed E-state index contributed by atoms with van der Waals surface area (Å²) < 4.78 is 7.78. The summed E-state index contributed by atoms with van der Waals surface area (Å²) in [6.07, 6.45) is 8.29. The van der Waals surface area contributed by atoms with Crippen LogP contribution in [-0.4, -0.2) is 39.2 Å². The molecule has 1 N–H and O–H groups in total. The molecule has 4 aromatic rings. The Morgan fingerprint density at radius 3 is 2.69 bits per heavy atom. The summed E-state index contributed by atoms with van der Waals surface area (Å²) in [6.45, 7) is 2.04. The normalized spacial score (nSPS) is 13.3. The van der Waals surface area contributed by atoms with E-state index in [0.29, 0.717) is 28.8 Å². The number of para-hydroxylation sites is 1. The fraction of sp³-hybridized carbons (Fsp3) is 0.227. The quantitative estimate of drug-likeness (QED) is 0.381. The van der Waals surface area contributed by atoms with Gasteiger partial charge >= 0.3 is 0 Å². The molecule has 8 nitrogen and oxygen atoms in total. The molecule has 10 heteroatoms. The van der Waals surface area contributed by atoms with Gasteiger partial charge in [0.25, 0.3) is 9.04 Å². The molecular weight excluding hydrogens is 442 g/mol. The molecule has 2 heterocycles. The fourth-order valence-corrected chi connectivity index (χ4v) is 4.92. The van der Waals surface area contributed by atoms with Crippen LogP contribution in [0.3, 0.4) is 0 Å². The van der Waals surface area contributed by atoms with E-state index in [0.717, 1.165) is 16.8 Å². The van der Waals surface area contributed by atoms with Gasteiger partial charge in [-0.2, -0.15) is 0 Å². The highest BCUT2D eigenvalue weighted by Crippen LogP contribution is 2.43. The zero-order valence-corrected chi connectivity index (χ0v) is 19.2. The average Bonchev–Trinajstić information content (AvgIpc) is 3.53. The molecule has 0 saturated heterocycles. The third kappa shape index (κ3) is 4.79. The molecule has 1 fully saturated rings. The van der Waals surface area contributed by atoms with Gasteiger partial charge in [-0.1, -0.05) is 35.9 Å². The Labute approximate surface area is 192 Å². The number of hydrogen-bond acceptors (Lipinski definition) is 7. The van der Waals surface area contributed by atoms with Crippen LogP contribution >= 0.6 is 11.6 Å². The molecule has 0 atom stereocenters. The standard InChI is InChI=1S/C22H21ClN7OSi/c1-32(14-30-13-26-28-29-30)31-21-10-16(8-9-19(21)23)17-11-24-22(25-12-17)27-20-5-3-2-4-18(20)15-6-7-15/h2-5,8-13,15H,6-7,14H2,1H3,(H,24,25,27). The lowest BCUT2D eigenvalue weighted by molar-refractivity contribution is 0.542. The summed E-state index contributed by atoms with van der Waals surface area (Å²) >= 11 is 6.37. The van der Waals surface area contributed by atoms with Gasteiger partial charge in [0.1, 0.15) is 12.1 Å². The van der Waals surface area contributed by atoms with Crippen LogP contribution in [0.15, 0.2) is 61.2 Å². The van der Waals surface area contributed by atoms with Crippen molar-refractivity contribution < 1.29 is 4.43 Å². The van der Waals surface area contributed by atoms with Crippen molar-refractivity contribution in [2.24, 2.45) is 0 Å². The van der Waals surface area contributed by atoms with E-state index in [1.54, 1.807) is 23.4 Å². The highest BCUT2D eigenvalue weighted by molar-refractivity contribution is 6.50. The fourth-order valence-electron chi connectivity index (χ4n) is 3.49. The Balaban J connectivity index is 1.30. The molecule has 1 saturated carbocycles. The molecule has 32 heavy (non-hydrogen) atoms. The molecule has 1 radical (unpaired) electrons. The van der Waals surface area contributed by atoms with Crippen LogP contribution in [0.5, 0.6) is 5.75 Å². The highest BCUT2D eigenvalue weighted by Gasteiger charge is 2.25. The summed E-state index contributed by atoms with van der Waals surface area (Å²) in [6, 6.07) is 14.0. The summed E-state index contributed by atoms with van der Waals surface area (Å²) in [5, 5.41) is 15.1. The first-order valence-electron chi connectivity index (χ1n) is 10.3. The van der Waals surface area contributed by atoms with Crippen molar-refractivity contribution in [3.63, 3.8) is 0 Å². The molecule has 161 valence electrons. The van der Waals surface area contributed by atoms with E-state index >= 15 is 0 Å². The van der Waals surface area contributed by atoms with Gasteiger partial charge in [-0.15, -0.1) is 5.10 Å². The van der Waals surface area contributed by atoms with Crippen molar-refractivity contribution in [3.05, 3.63) is 71.8 Å². The first-order chi connectivity index (χ1) is 15.7. The van der Waals surface area contributed by atoms with Crippen LogP contribution in [0.25, 0.3) is 11.1 Å². The number of rotatable bonds is 8. The van der Waals surface area contributed by atoms with Gasteiger partial charge < -0.3 is 9.74 Å². The Morgan fingerprint density at radius 1 is 1.12 bits per heavy atom. The number of hydrogen-bond donors (Lipinski definition) is 1. The van der Waals surface area contributed by atoms with E-state index in [2.05, 4.69) is 49.0 Å². The second-order valence-electron chi connectivity index (χ2n) is 7.74. The minimum Gasteiger partial charge on any atom is -0.539 e. The van der Waals surface area contributed by atoms with Crippen molar-refractivity contribution in [2.75, 3.05) is 5.32 Å². The smallest absolute Gasteiger partial charge is 0.300 e. The molecule has 2 aromatic carbocycles. The van der Waals surface area contributed by atoms with Gasteiger partial charge in [0.05, 0.1) is 11.2 Å². The van der Waals surface area contributed by atoms with Crippen LogP contribution in [0.1, 0.15) is 24.3 Å². The average molecular weight is 463 g/mol. The van der Waals surface area contributed by atoms with E-state index in [-0.39, 0.29) is 0 Å². The lowest BCUT2D eigenvalue weighted by Gasteiger charge is -2.15. The third-order valence-electron chi connectivity index (χ3n) is 5.20. The van der Waals surface area contributed by atoms with E-state index in [9.17, 15) is 0 Å². The maximum Gasteiger partial charge on any atom is 0.300 e. The largest absolute Gasteiger partial charge is 0.539 e. The van der Waals surface area contributed by atoms with Crippen molar-refractivity contribution in [3.8, 4) is 16.9 Å². The van der Waals surface area contributed by atoms with Crippen LogP contribution in [-0.2, 0) is 6.17 Å². The minimum absolute atomic E-state index is 0.561. The molecule has 5 rings (SSSR count). The number of nitrogens with zero attached hydrogens (tertiary/aromatic N) is 6. The van der Waals surface area contributed by atoms with Gasteiger partial charge in [-0.05, 0) is 65.1 Å². The predicted octanol–water partition coefficient (Wildman–Crippen LogP) is 4.64. The summed E-state index contributed by atoms with van der Waals surface area (Å²) in [7, 11) is -1.24. The zero-order valence-electron chi connectivity index (χ0n) is 17.4. The second kappa shape index (κ2) is 9.05. The Hall–Kier alpha value is -3.30.